The minimum absolute atomic E-state index is 0.0719. The second-order valence-corrected chi connectivity index (χ2v) is 16.6. The second kappa shape index (κ2) is 7.00. The van der Waals surface area contributed by atoms with Crippen LogP contribution in [0.4, 0.5) is 5.69 Å². The van der Waals surface area contributed by atoms with Gasteiger partial charge in [-0.05, 0) is 70.2 Å². The van der Waals surface area contributed by atoms with Crippen LogP contribution in [0.2, 0.25) is 18.1 Å². The van der Waals surface area contributed by atoms with Gasteiger partial charge < -0.3 is 19.5 Å². The maximum atomic E-state index is 7.06. The summed E-state index contributed by atoms with van der Waals surface area (Å²) in [6.45, 7) is 19.8. The van der Waals surface area contributed by atoms with Crippen molar-refractivity contribution < 1.29 is 13.7 Å². The molecule has 0 amide bonds. The lowest BCUT2D eigenvalue weighted by Crippen LogP contribution is -2.47. The van der Waals surface area contributed by atoms with Gasteiger partial charge in [-0.25, -0.2) is 0 Å². The molecule has 31 heavy (non-hydrogen) atoms. The van der Waals surface area contributed by atoms with Gasteiger partial charge in [-0.1, -0.05) is 45.0 Å². The van der Waals surface area contributed by atoms with Gasteiger partial charge >= 0.3 is 7.12 Å². The van der Waals surface area contributed by atoms with Crippen molar-refractivity contribution in [3.63, 3.8) is 0 Å². The number of nitrogen functional groups attached to an aromatic ring is 1. The largest absolute Gasteiger partial charge is 0.543 e. The molecular weight excluding hydrogens is 401 g/mol. The average Bonchev–Trinajstić information content (AvgIpc) is 3.43. The van der Waals surface area contributed by atoms with Gasteiger partial charge in [0.2, 0.25) is 8.32 Å². The van der Waals surface area contributed by atoms with Crippen LogP contribution in [0.25, 0.3) is 10.8 Å². The van der Waals surface area contributed by atoms with Crippen molar-refractivity contribution in [2.45, 2.75) is 96.6 Å². The predicted molar refractivity (Wildman–Crippen MR) is 134 cm³/mol. The summed E-state index contributed by atoms with van der Waals surface area (Å²) < 4.78 is 20.2. The monoisotopic (exact) mass is 439 g/mol. The number of hydrogen-bond donors (Lipinski definition) is 1. The van der Waals surface area contributed by atoms with Crippen molar-refractivity contribution in [3.05, 3.63) is 29.8 Å². The minimum Gasteiger partial charge on any atom is -0.543 e. The minimum atomic E-state index is -2.12. The Labute approximate surface area is 189 Å². The maximum Gasteiger partial charge on any atom is 0.499 e. The fraction of sp³-hybridized carbons (Fsp3) is 0.600. The zero-order chi connectivity index (χ0) is 23.0. The number of hydrogen-bond acceptors (Lipinski definition) is 4. The fourth-order valence-electron chi connectivity index (χ4n) is 4.00. The van der Waals surface area contributed by atoms with E-state index in [2.05, 4.69) is 85.8 Å². The molecule has 0 atom stereocenters. The molecule has 2 aromatic rings. The van der Waals surface area contributed by atoms with Crippen molar-refractivity contribution in [2.75, 3.05) is 5.73 Å². The lowest BCUT2D eigenvalue weighted by Gasteiger charge is -2.38. The van der Waals surface area contributed by atoms with E-state index in [-0.39, 0.29) is 5.04 Å². The molecule has 0 bridgehead atoms. The highest BCUT2D eigenvalue weighted by atomic mass is 28.4. The molecule has 0 radical (unpaired) electrons. The Hall–Kier alpha value is -1.50. The highest BCUT2D eigenvalue weighted by Gasteiger charge is 2.54. The van der Waals surface area contributed by atoms with Crippen LogP contribution >= 0.6 is 0 Å². The number of fused-ring (bicyclic) bond motifs is 1. The Morgan fingerprint density at radius 1 is 1.00 bits per heavy atom. The quantitative estimate of drug-likeness (QED) is 0.470. The van der Waals surface area contributed by atoms with Crippen molar-refractivity contribution in [1.82, 2.24) is 0 Å². The smallest absolute Gasteiger partial charge is 0.499 e. The molecule has 1 aliphatic heterocycles. The zero-order valence-electron chi connectivity index (χ0n) is 20.7. The van der Waals surface area contributed by atoms with E-state index in [1.807, 2.05) is 0 Å². The molecule has 2 aromatic carbocycles. The standard InChI is InChI=1S/C25H38BNO3Si/c1-23(2,3)31(8,9)28-22-18-13-11-10-12-17(18)21(27)19(16-14-15-16)20(22)26-29-24(4,5)25(6,7)30-26/h10-13,16H,14-15,27H2,1-9H3. The summed E-state index contributed by atoms with van der Waals surface area (Å²) in [7, 11) is -2.62. The summed E-state index contributed by atoms with van der Waals surface area (Å²) in [5.74, 6) is 1.36. The lowest BCUT2D eigenvalue weighted by molar-refractivity contribution is 0.00578. The third-order valence-corrected chi connectivity index (χ3v) is 12.3. The van der Waals surface area contributed by atoms with E-state index in [4.69, 9.17) is 19.5 Å². The Morgan fingerprint density at radius 2 is 1.52 bits per heavy atom. The van der Waals surface area contributed by atoms with Crippen molar-refractivity contribution >= 4 is 37.4 Å². The molecule has 6 heteroatoms. The summed E-state index contributed by atoms with van der Waals surface area (Å²) in [5.41, 5.74) is 9.02. The molecule has 2 aliphatic rings. The van der Waals surface area contributed by atoms with Crippen LogP contribution < -0.4 is 15.6 Å². The van der Waals surface area contributed by atoms with Crippen molar-refractivity contribution in [3.8, 4) is 5.75 Å². The molecule has 0 spiro atoms. The molecule has 1 aliphatic carbocycles. The molecule has 0 aromatic heterocycles. The van der Waals surface area contributed by atoms with E-state index in [0.29, 0.717) is 5.92 Å². The number of anilines is 1. The molecule has 4 nitrogen and oxygen atoms in total. The highest BCUT2D eigenvalue weighted by molar-refractivity contribution is 6.75. The van der Waals surface area contributed by atoms with Gasteiger partial charge in [-0.3, -0.25) is 0 Å². The summed E-state index contributed by atoms with van der Waals surface area (Å²) in [6.07, 6.45) is 2.29. The summed E-state index contributed by atoms with van der Waals surface area (Å²) in [6, 6.07) is 8.35. The Kier molecular flexibility index (Phi) is 5.12. The normalized spacial score (nSPS) is 21.0. The van der Waals surface area contributed by atoms with Gasteiger partial charge in [0.15, 0.2) is 0 Å². The van der Waals surface area contributed by atoms with Crippen LogP contribution in [0.1, 0.15) is 72.8 Å². The van der Waals surface area contributed by atoms with E-state index in [1.165, 1.54) is 5.56 Å². The first-order valence-electron chi connectivity index (χ1n) is 11.5. The molecule has 0 unspecified atom stereocenters. The summed E-state index contributed by atoms with van der Waals surface area (Å²) >= 11 is 0. The third-order valence-electron chi connectivity index (χ3n) is 7.92. The Morgan fingerprint density at radius 3 is 2.00 bits per heavy atom. The van der Waals surface area contributed by atoms with E-state index in [9.17, 15) is 0 Å². The first-order valence-corrected chi connectivity index (χ1v) is 14.5. The van der Waals surface area contributed by atoms with Gasteiger partial charge in [0, 0.05) is 21.9 Å². The van der Waals surface area contributed by atoms with Gasteiger partial charge in [0.25, 0.3) is 0 Å². The number of nitrogens with two attached hydrogens (primary N) is 1. The van der Waals surface area contributed by atoms with Gasteiger partial charge in [-0.2, -0.15) is 0 Å². The zero-order valence-corrected chi connectivity index (χ0v) is 21.7. The Bertz CT molecular complexity index is 1010. The molecule has 4 rings (SSSR count). The Balaban J connectivity index is 2.00. The van der Waals surface area contributed by atoms with Crippen molar-refractivity contribution in [1.29, 1.82) is 0 Å². The van der Waals surface area contributed by atoms with Crippen LogP contribution in [0, 0.1) is 0 Å². The van der Waals surface area contributed by atoms with E-state index < -0.39 is 26.6 Å². The first-order chi connectivity index (χ1) is 14.2. The molecule has 2 N–H and O–H groups in total. The maximum absolute atomic E-state index is 7.06. The third kappa shape index (κ3) is 3.71. The molecule has 168 valence electrons. The number of rotatable bonds is 4. The van der Waals surface area contributed by atoms with Gasteiger partial charge in [0.05, 0.1) is 11.2 Å². The molecule has 2 fully saturated rings. The number of benzene rings is 2. The van der Waals surface area contributed by atoms with Crippen LogP contribution in [0.5, 0.6) is 5.75 Å². The average molecular weight is 439 g/mol. The van der Waals surface area contributed by atoms with Crippen molar-refractivity contribution in [2.24, 2.45) is 0 Å². The van der Waals surface area contributed by atoms with E-state index in [1.54, 1.807) is 0 Å². The molecule has 1 heterocycles. The SMILES string of the molecule is CC1(C)OB(c2c(C3CC3)c(N)c3ccccc3c2O[Si](C)(C)C(C)(C)C)OC1(C)C. The van der Waals surface area contributed by atoms with Gasteiger partial charge in [-0.15, -0.1) is 0 Å². The van der Waals surface area contributed by atoms with E-state index in [0.717, 1.165) is 40.5 Å². The van der Waals surface area contributed by atoms with Crippen LogP contribution in [-0.4, -0.2) is 26.6 Å². The van der Waals surface area contributed by atoms with Crippen LogP contribution in [0.3, 0.4) is 0 Å². The highest BCUT2D eigenvalue weighted by Crippen LogP contribution is 2.49. The molecular formula is C25H38BNO3Si. The predicted octanol–water partition coefficient (Wildman–Crippen LogP) is 5.98. The topological polar surface area (TPSA) is 53.7 Å². The summed E-state index contributed by atoms with van der Waals surface area (Å²) in [5, 5.41) is 2.19. The first kappa shape index (κ1) is 22.7. The van der Waals surface area contributed by atoms with Gasteiger partial charge in [0.1, 0.15) is 5.75 Å². The van der Waals surface area contributed by atoms with Crippen LogP contribution in [-0.2, 0) is 9.31 Å². The fourth-order valence-corrected chi connectivity index (χ4v) is 5.03. The second-order valence-electron chi connectivity index (χ2n) is 11.8. The van der Waals surface area contributed by atoms with E-state index >= 15 is 0 Å². The molecule has 1 saturated heterocycles. The summed E-state index contributed by atoms with van der Waals surface area (Å²) in [4.78, 5) is 0. The lowest BCUT2D eigenvalue weighted by atomic mass is 9.72. The van der Waals surface area contributed by atoms with Crippen LogP contribution in [0.15, 0.2) is 24.3 Å². The molecule has 1 saturated carbocycles.